The van der Waals surface area contributed by atoms with E-state index in [2.05, 4.69) is 20.3 Å². The molecule has 0 saturated carbocycles. The van der Waals surface area contributed by atoms with Crippen LogP contribution in [0.4, 0.5) is 29.1 Å². The van der Waals surface area contributed by atoms with Gasteiger partial charge in [0.15, 0.2) is 11.6 Å². The number of amidine groups is 1. The van der Waals surface area contributed by atoms with Gasteiger partial charge in [-0.3, -0.25) is 9.78 Å². The highest BCUT2D eigenvalue weighted by Gasteiger charge is 2.43. The van der Waals surface area contributed by atoms with Gasteiger partial charge in [-0.2, -0.15) is 0 Å². The maximum absolute atomic E-state index is 14.9. The maximum atomic E-state index is 14.9. The highest BCUT2D eigenvalue weighted by Crippen LogP contribution is 2.34. The molecule has 3 aromatic rings. The van der Waals surface area contributed by atoms with Crippen LogP contribution < -0.4 is 26.4 Å². The molecule has 2 aliphatic heterocycles. The van der Waals surface area contributed by atoms with E-state index in [1.807, 2.05) is 0 Å². The number of ketones is 1. The van der Waals surface area contributed by atoms with Gasteiger partial charge >= 0.3 is 0 Å². The van der Waals surface area contributed by atoms with Gasteiger partial charge in [-0.25, -0.2) is 27.5 Å². The van der Waals surface area contributed by atoms with E-state index in [-0.39, 0.29) is 49.0 Å². The molecule has 0 bridgehead atoms. The van der Waals surface area contributed by atoms with Gasteiger partial charge in [-0.1, -0.05) is 0 Å². The van der Waals surface area contributed by atoms with Gasteiger partial charge in [0.05, 0.1) is 43.1 Å². The van der Waals surface area contributed by atoms with Crippen LogP contribution in [0.25, 0.3) is 11.3 Å². The van der Waals surface area contributed by atoms with Crippen molar-refractivity contribution in [3.8, 4) is 17.0 Å². The molecule has 10 nitrogen and oxygen atoms in total. The van der Waals surface area contributed by atoms with E-state index in [1.54, 1.807) is 21.9 Å². The number of alkyl halides is 2. The van der Waals surface area contributed by atoms with E-state index < -0.39 is 29.4 Å². The van der Waals surface area contributed by atoms with Gasteiger partial charge in [0, 0.05) is 24.7 Å². The molecular weight excluding hydrogens is 520 g/mol. The van der Waals surface area contributed by atoms with E-state index >= 15 is 0 Å². The summed E-state index contributed by atoms with van der Waals surface area (Å²) in [6.45, 7) is 0.683. The summed E-state index contributed by atoms with van der Waals surface area (Å²) in [7, 11) is 1.23. The van der Waals surface area contributed by atoms with Crippen LogP contribution in [-0.2, 0) is 11.3 Å². The first kappa shape index (κ1) is 26.4. The monoisotopic (exact) mass is 546 g/mol. The number of hydrogen-bond donors (Lipinski definition) is 3. The summed E-state index contributed by atoms with van der Waals surface area (Å²) >= 11 is 0. The number of carbonyl (C=O) groups excluding carboxylic acids is 1. The van der Waals surface area contributed by atoms with Gasteiger partial charge in [-0.15, -0.1) is 0 Å². The third-order valence-electron chi connectivity index (χ3n) is 6.95. The molecule has 0 spiro atoms. The summed E-state index contributed by atoms with van der Waals surface area (Å²) in [4.78, 5) is 26.7. The first-order valence-electron chi connectivity index (χ1n) is 12.1. The van der Waals surface area contributed by atoms with Crippen molar-refractivity contribution < 1.29 is 27.1 Å². The minimum Gasteiger partial charge on any atom is -0.494 e. The van der Waals surface area contributed by atoms with Gasteiger partial charge in [0.25, 0.3) is 6.43 Å². The summed E-state index contributed by atoms with van der Waals surface area (Å²) in [5.41, 5.74) is 12.0. The molecule has 39 heavy (non-hydrogen) atoms. The summed E-state index contributed by atoms with van der Waals surface area (Å²) in [5, 5.41) is 3.11. The zero-order chi connectivity index (χ0) is 27.9. The zero-order valence-electron chi connectivity index (χ0n) is 20.9. The standard InChI is InChI=1S/C25H26F4N8O2/c1-39-19-7-15(26)14(6-16(19)27)17-5-13(9-37-12-35-20-23(30)33-11-34-24(20)37)18(8-32-17)36-4-2-3-25(31,10-36)21(38)22(28)29/h5-8,12,22,34H,2-4,9-11,31H2,1H3,(H2,30,33)/t25-/m1/s1. The smallest absolute Gasteiger partial charge is 0.297 e. The Morgan fingerprint density at radius 2 is 2.03 bits per heavy atom. The van der Waals surface area contributed by atoms with E-state index in [1.165, 1.54) is 13.3 Å². The maximum Gasteiger partial charge on any atom is 0.297 e. The molecule has 5 rings (SSSR count). The number of hydrogen-bond acceptors (Lipinski definition) is 9. The fourth-order valence-corrected chi connectivity index (χ4v) is 4.97. The average molecular weight is 547 g/mol. The molecule has 2 aromatic heterocycles. The number of rotatable bonds is 7. The lowest BCUT2D eigenvalue weighted by Gasteiger charge is -2.40. The number of piperidine rings is 1. The van der Waals surface area contributed by atoms with Crippen molar-refractivity contribution in [3.05, 3.63) is 53.6 Å². The number of methoxy groups -OCH3 is 1. The van der Waals surface area contributed by atoms with E-state index in [9.17, 15) is 22.4 Å². The highest BCUT2D eigenvalue weighted by atomic mass is 19.3. The number of anilines is 2. The Kier molecular flexibility index (Phi) is 6.89. The number of carbonyl (C=O) groups is 1. The van der Waals surface area contributed by atoms with E-state index in [0.717, 1.165) is 12.1 Å². The predicted octanol–water partition coefficient (Wildman–Crippen LogP) is 2.50. The third-order valence-corrected chi connectivity index (χ3v) is 6.95. The third kappa shape index (κ3) is 4.87. The fraction of sp³-hybridized carbons (Fsp3) is 0.360. The van der Waals surface area contributed by atoms with Gasteiger partial charge < -0.3 is 31.0 Å². The summed E-state index contributed by atoms with van der Waals surface area (Å²) in [5.74, 6) is -2.21. The van der Waals surface area contributed by atoms with Crippen LogP contribution in [0.2, 0.25) is 0 Å². The van der Waals surface area contributed by atoms with Crippen molar-refractivity contribution in [3.63, 3.8) is 0 Å². The number of pyridine rings is 1. The Morgan fingerprint density at radius 1 is 1.23 bits per heavy atom. The van der Waals surface area contributed by atoms with Crippen molar-refractivity contribution >= 4 is 23.1 Å². The normalized spacial score (nSPS) is 18.9. The number of nitrogens with two attached hydrogens (primary N) is 2. The molecule has 0 amide bonds. The van der Waals surface area contributed by atoms with Gasteiger partial charge in [0.2, 0.25) is 5.78 Å². The number of benzene rings is 1. The van der Waals surface area contributed by atoms with E-state index in [0.29, 0.717) is 35.7 Å². The molecule has 14 heteroatoms. The molecule has 4 heterocycles. The number of halogens is 4. The number of nitrogens with zero attached hydrogens (tertiary/aromatic N) is 5. The minimum atomic E-state index is -3.20. The van der Waals surface area contributed by atoms with Crippen LogP contribution in [0, 0.1) is 11.6 Å². The minimum absolute atomic E-state index is 0.0945. The lowest BCUT2D eigenvalue weighted by Crippen LogP contribution is -2.61. The number of fused-ring (bicyclic) bond motifs is 1. The van der Waals surface area contributed by atoms with E-state index in [4.69, 9.17) is 16.2 Å². The number of Topliss-reactive ketones (excluding diaryl/α,β-unsaturated/α-hetero) is 1. The van der Waals surface area contributed by atoms with Crippen molar-refractivity contribution in [2.24, 2.45) is 16.5 Å². The summed E-state index contributed by atoms with van der Waals surface area (Å²) in [6.07, 6.45) is 0.299. The van der Waals surface area contributed by atoms with Crippen molar-refractivity contribution in [1.29, 1.82) is 0 Å². The second kappa shape index (κ2) is 10.2. The molecule has 1 fully saturated rings. The molecule has 206 valence electrons. The van der Waals surface area contributed by atoms with Crippen molar-refractivity contribution in [2.45, 2.75) is 31.4 Å². The molecule has 1 atom stereocenters. The van der Waals surface area contributed by atoms with Crippen molar-refractivity contribution in [1.82, 2.24) is 14.5 Å². The largest absolute Gasteiger partial charge is 0.494 e. The number of ether oxygens (including phenoxy) is 1. The van der Waals surface area contributed by atoms with Crippen LogP contribution in [0.15, 0.2) is 35.7 Å². The topological polar surface area (TPSA) is 137 Å². The first-order chi connectivity index (χ1) is 18.6. The second-order valence-corrected chi connectivity index (χ2v) is 9.46. The van der Waals surface area contributed by atoms with Crippen molar-refractivity contribution in [2.75, 3.05) is 37.1 Å². The Bertz CT molecular complexity index is 1460. The zero-order valence-corrected chi connectivity index (χ0v) is 20.9. The Balaban J connectivity index is 1.58. The first-order valence-corrected chi connectivity index (χ1v) is 12.1. The Morgan fingerprint density at radius 3 is 2.77 bits per heavy atom. The molecule has 1 saturated heterocycles. The fourth-order valence-electron chi connectivity index (χ4n) is 4.97. The molecule has 0 radical (unpaired) electrons. The molecule has 2 aliphatic rings. The van der Waals surface area contributed by atoms with Gasteiger partial charge in [-0.05, 0) is 30.5 Å². The molecule has 5 N–H and O–H groups in total. The molecule has 0 unspecified atom stereocenters. The second-order valence-electron chi connectivity index (χ2n) is 9.46. The van der Waals surface area contributed by atoms with Crippen LogP contribution in [-0.4, -0.2) is 65.0 Å². The molecule has 0 aliphatic carbocycles. The highest BCUT2D eigenvalue weighted by molar-refractivity contribution is 6.01. The number of aliphatic imine (C=N–C) groups is 1. The Hall–Kier alpha value is -4.20. The number of nitrogens with one attached hydrogen (secondary N) is 1. The Labute approximate surface area is 220 Å². The lowest BCUT2D eigenvalue weighted by molar-refractivity contribution is -0.135. The molecular formula is C25H26F4N8O2. The predicted molar refractivity (Wildman–Crippen MR) is 136 cm³/mol. The van der Waals surface area contributed by atoms with Crippen LogP contribution >= 0.6 is 0 Å². The quantitative estimate of drug-likeness (QED) is 0.385. The molecule has 1 aromatic carbocycles. The number of imidazole rings is 1. The van der Waals surface area contributed by atoms with Gasteiger partial charge in [0.1, 0.15) is 29.8 Å². The average Bonchev–Trinajstić information content (AvgIpc) is 3.33. The summed E-state index contributed by atoms with van der Waals surface area (Å²) in [6, 6.07) is 3.50. The SMILES string of the molecule is COc1cc(F)c(-c2cc(Cn3cnc4c3NCN=C4N)c(N3CCC[C@](N)(C(=O)C(F)F)C3)cn2)cc1F. The number of aromatic nitrogens is 3. The lowest BCUT2D eigenvalue weighted by atomic mass is 9.85. The van der Waals surface area contributed by atoms with Crippen LogP contribution in [0.5, 0.6) is 5.75 Å². The van der Waals surface area contributed by atoms with Crippen LogP contribution in [0.3, 0.4) is 0 Å². The summed E-state index contributed by atoms with van der Waals surface area (Å²) < 4.78 is 62.6. The van der Waals surface area contributed by atoms with Crippen LogP contribution in [0.1, 0.15) is 24.1 Å².